The van der Waals surface area contributed by atoms with Crippen molar-refractivity contribution in [3.63, 3.8) is 0 Å². The number of hydrogen-bond donors (Lipinski definition) is 1. The van der Waals surface area contributed by atoms with E-state index in [-0.39, 0.29) is 15.7 Å². The lowest BCUT2D eigenvalue weighted by atomic mass is 10.2. The summed E-state index contributed by atoms with van der Waals surface area (Å²) in [5.74, 6) is -0.369. The molecule has 1 amide bonds. The Kier molecular flexibility index (Phi) is 4.88. The Bertz CT molecular complexity index is 810. The molecule has 1 aliphatic rings. The SMILES string of the molecule is CNC(=O)c1sccc1S(=O)(=O)N1CCN(c2ccccc2)CC1. The van der Waals surface area contributed by atoms with E-state index in [0.29, 0.717) is 26.2 Å². The predicted octanol–water partition coefficient (Wildman–Crippen LogP) is 1.62. The van der Waals surface area contributed by atoms with Gasteiger partial charge in [-0.25, -0.2) is 8.42 Å². The Morgan fingerprint density at radius 2 is 1.75 bits per heavy atom. The van der Waals surface area contributed by atoms with Crippen LogP contribution in [0, 0.1) is 0 Å². The van der Waals surface area contributed by atoms with Crippen LogP contribution in [0.2, 0.25) is 0 Å². The number of para-hydroxylation sites is 1. The third-order valence-electron chi connectivity index (χ3n) is 4.04. The molecule has 2 aromatic rings. The number of amides is 1. The summed E-state index contributed by atoms with van der Waals surface area (Å²) in [4.78, 5) is 14.4. The number of piperazine rings is 1. The van der Waals surface area contributed by atoms with E-state index in [2.05, 4.69) is 10.2 Å². The van der Waals surface area contributed by atoms with Gasteiger partial charge in [-0.2, -0.15) is 4.31 Å². The topological polar surface area (TPSA) is 69.7 Å². The van der Waals surface area contributed by atoms with Crippen LogP contribution in [0.25, 0.3) is 0 Å². The summed E-state index contributed by atoms with van der Waals surface area (Å²) in [7, 11) is -2.16. The van der Waals surface area contributed by atoms with Crippen LogP contribution in [0.5, 0.6) is 0 Å². The lowest BCUT2D eigenvalue weighted by Crippen LogP contribution is -2.48. The molecule has 0 unspecified atom stereocenters. The average molecular weight is 365 g/mol. The number of carbonyl (C=O) groups excluding carboxylic acids is 1. The van der Waals surface area contributed by atoms with Gasteiger partial charge in [0.2, 0.25) is 10.0 Å². The smallest absolute Gasteiger partial charge is 0.262 e. The van der Waals surface area contributed by atoms with Crippen molar-refractivity contribution in [3.8, 4) is 0 Å². The standard InChI is InChI=1S/C16H19N3O3S2/c1-17-16(20)15-14(7-12-23-15)24(21,22)19-10-8-18(9-11-19)13-5-3-2-4-6-13/h2-7,12H,8-11H2,1H3,(H,17,20). The van der Waals surface area contributed by atoms with Gasteiger partial charge < -0.3 is 10.2 Å². The molecule has 1 N–H and O–H groups in total. The first-order valence-corrected chi connectivity index (χ1v) is 9.95. The summed E-state index contributed by atoms with van der Waals surface area (Å²) in [5, 5.41) is 4.13. The fraction of sp³-hybridized carbons (Fsp3) is 0.312. The molecule has 1 aromatic carbocycles. The first kappa shape index (κ1) is 16.9. The molecule has 2 heterocycles. The van der Waals surface area contributed by atoms with E-state index in [9.17, 15) is 13.2 Å². The van der Waals surface area contributed by atoms with Crippen LogP contribution in [0.15, 0.2) is 46.7 Å². The maximum Gasteiger partial charge on any atom is 0.262 e. The second kappa shape index (κ2) is 6.92. The third-order valence-corrected chi connectivity index (χ3v) is 7.02. The van der Waals surface area contributed by atoms with Gasteiger partial charge in [0.25, 0.3) is 5.91 Å². The molecule has 1 fully saturated rings. The van der Waals surface area contributed by atoms with Gasteiger partial charge >= 0.3 is 0 Å². The number of hydrogen-bond acceptors (Lipinski definition) is 5. The molecule has 1 aliphatic heterocycles. The number of benzene rings is 1. The van der Waals surface area contributed by atoms with E-state index in [1.54, 1.807) is 5.38 Å². The average Bonchev–Trinajstić information content (AvgIpc) is 3.12. The van der Waals surface area contributed by atoms with Gasteiger partial charge in [0.05, 0.1) is 0 Å². The minimum Gasteiger partial charge on any atom is -0.369 e. The second-order valence-corrected chi connectivity index (χ2v) is 8.24. The monoisotopic (exact) mass is 365 g/mol. The number of sulfonamides is 1. The lowest BCUT2D eigenvalue weighted by Gasteiger charge is -2.35. The second-order valence-electron chi connectivity index (χ2n) is 5.42. The van der Waals surface area contributed by atoms with Crippen LogP contribution in [-0.4, -0.2) is 51.9 Å². The Hall–Kier alpha value is -1.90. The molecule has 24 heavy (non-hydrogen) atoms. The quantitative estimate of drug-likeness (QED) is 0.894. The van der Waals surface area contributed by atoms with Crippen LogP contribution in [0.3, 0.4) is 0 Å². The van der Waals surface area contributed by atoms with Crippen molar-refractivity contribution in [1.29, 1.82) is 0 Å². The van der Waals surface area contributed by atoms with Crippen molar-refractivity contribution in [3.05, 3.63) is 46.7 Å². The Labute approximate surface area is 145 Å². The van der Waals surface area contributed by atoms with Crippen LogP contribution < -0.4 is 10.2 Å². The van der Waals surface area contributed by atoms with E-state index < -0.39 is 10.0 Å². The normalized spacial score (nSPS) is 16.1. The Morgan fingerprint density at radius 3 is 2.38 bits per heavy atom. The van der Waals surface area contributed by atoms with E-state index >= 15 is 0 Å². The molecular formula is C16H19N3O3S2. The minimum absolute atomic E-state index is 0.0972. The van der Waals surface area contributed by atoms with E-state index in [0.717, 1.165) is 17.0 Å². The van der Waals surface area contributed by atoms with Gasteiger partial charge in [-0.15, -0.1) is 11.3 Å². The maximum absolute atomic E-state index is 12.9. The van der Waals surface area contributed by atoms with E-state index in [1.165, 1.54) is 17.4 Å². The van der Waals surface area contributed by atoms with Gasteiger partial charge in [0, 0.05) is 38.9 Å². The summed E-state index contributed by atoms with van der Waals surface area (Å²) in [6.07, 6.45) is 0. The van der Waals surface area contributed by atoms with Crippen LogP contribution in [0.1, 0.15) is 9.67 Å². The molecule has 0 aliphatic carbocycles. The van der Waals surface area contributed by atoms with Crippen molar-refractivity contribution >= 4 is 33.0 Å². The largest absolute Gasteiger partial charge is 0.369 e. The number of nitrogens with zero attached hydrogens (tertiary/aromatic N) is 2. The maximum atomic E-state index is 12.9. The third kappa shape index (κ3) is 3.17. The minimum atomic E-state index is -3.65. The zero-order valence-electron chi connectivity index (χ0n) is 13.3. The molecule has 6 nitrogen and oxygen atoms in total. The number of anilines is 1. The van der Waals surface area contributed by atoms with Gasteiger partial charge in [-0.05, 0) is 23.6 Å². The molecule has 0 bridgehead atoms. The molecular weight excluding hydrogens is 346 g/mol. The molecule has 1 saturated heterocycles. The summed E-state index contributed by atoms with van der Waals surface area (Å²) in [5.41, 5.74) is 1.09. The highest BCUT2D eigenvalue weighted by Gasteiger charge is 2.32. The van der Waals surface area contributed by atoms with E-state index in [1.807, 2.05) is 30.3 Å². The first-order valence-electron chi connectivity index (χ1n) is 7.64. The number of thiophene rings is 1. The Balaban J connectivity index is 1.76. The van der Waals surface area contributed by atoms with Crippen molar-refractivity contribution in [1.82, 2.24) is 9.62 Å². The van der Waals surface area contributed by atoms with Gasteiger partial charge in [-0.1, -0.05) is 18.2 Å². The number of carbonyl (C=O) groups is 1. The van der Waals surface area contributed by atoms with Gasteiger partial charge in [0.1, 0.15) is 9.77 Å². The van der Waals surface area contributed by atoms with Crippen LogP contribution in [-0.2, 0) is 10.0 Å². The van der Waals surface area contributed by atoms with Gasteiger partial charge in [0.15, 0.2) is 0 Å². The highest BCUT2D eigenvalue weighted by atomic mass is 32.2. The molecule has 8 heteroatoms. The zero-order chi connectivity index (χ0) is 17.2. The van der Waals surface area contributed by atoms with Crippen LogP contribution >= 0.6 is 11.3 Å². The molecule has 3 rings (SSSR count). The lowest BCUT2D eigenvalue weighted by molar-refractivity contribution is 0.0964. The molecule has 0 atom stereocenters. The molecule has 1 aromatic heterocycles. The summed E-state index contributed by atoms with van der Waals surface area (Å²) in [6, 6.07) is 11.5. The predicted molar refractivity (Wildman–Crippen MR) is 95.1 cm³/mol. The first-order chi connectivity index (χ1) is 11.5. The fourth-order valence-electron chi connectivity index (χ4n) is 2.74. The zero-order valence-corrected chi connectivity index (χ0v) is 14.9. The van der Waals surface area contributed by atoms with E-state index in [4.69, 9.17) is 0 Å². The number of rotatable bonds is 4. The number of nitrogens with one attached hydrogen (secondary N) is 1. The summed E-state index contributed by atoms with van der Waals surface area (Å²) in [6.45, 7) is 2.06. The van der Waals surface area contributed by atoms with Gasteiger partial charge in [-0.3, -0.25) is 4.79 Å². The fourth-order valence-corrected chi connectivity index (χ4v) is 5.51. The van der Waals surface area contributed by atoms with Crippen molar-refractivity contribution in [2.75, 3.05) is 38.1 Å². The highest BCUT2D eigenvalue weighted by Crippen LogP contribution is 2.26. The molecule has 128 valence electrons. The van der Waals surface area contributed by atoms with Crippen molar-refractivity contribution in [2.45, 2.75) is 4.90 Å². The van der Waals surface area contributed by atoms with Crippen molar-refractivity contribution in [2.24, 2.45) is 0 Å². The van der Waals surface area contributed by atoms with Crippen LogP contribution in [0.4, 0.5) is 5.69 Å². The summed E-state index contributed by atoms with van der Waals surface area (Å²) >= 11 is 1.14. The Morgan fingerprint density at radius 1 is 1.08 bits per heavy atom. The molecule has 0 radical (unpaired) electrons. The summed E-state index contributed by atoms with van der Waals surface area (Å²) < 4.78 is 27.2. The molecule has 0 saturated carbocycles. The van der Waals surface area contributed by atoms with Crippen molar-refractivity contribution < 1.29 is 13.2 Å². The molecule has 0 spiro atoms. The highest BCUT2D eigenvalue weighted by molar-refractivity contribution is 7.89.